The van der Waals surface area contributed by atoms with Crippen LogP contribution in [0, 0.1) is 10.7 Å². The van der Waals surface area contributed by atoms with E-state index in [4.69, 9.17) is 0 Å². The van der Waals surface area contributed by atoms with Gasteiger partial charge in [0.2, 0.25) is 5.82 Å². The number of nitrogens with zero attached hydrogens (tertiary/aromatic N) is 3. The van der Waals surface area contributed by atoms with E-state index in [1.807, 2.05) is 4.98 Å². The Balaban J connectivity index is 2.29. The zero-order valence-corrected chi connectivity index (χ0v) is 9.71. The summed E-state index contributed by atoms with van der Waals surface area (Å²) in [6.07, 6.45) is 2.06. The van der Waals surface area contributed by atoms with E-state index in [0.717, 1.165) is 17.9 Å². The van der Waals surface area contributed by atoms with Crippen molar-refractivity contribution in [1.29, 1.82) is 0 Å². The third-order valence-electron chi connectivity index (χ3n) is 2.26. The number of hydrogen-bond acceptors (Lipinski definition) is 5. The summed E-state index contributed by atoms with van der Waals surface area (Å²) in [5, 5.41) is 0. The Hall–Kier alpha value is -2.78. The second-order valence-corrected chi connectivity index (χ2v) is 3.54. The lowest BCUT2D eigenvalue weighted by Crippen LogP contribution is -2.31. The van der Waals surface area contributed by atoms with E-state index in [1.54, 1.807) is 0 Å². The molecule has 0 aliphatic heterocycles. The number of nitrogens with one attached hydrogen (secondary N) is 2. The van der Waals surface area contributed by atoms with E-state index in [2.05, 4.69) is 14.8 Å². The summed E-state index contributed by atoms with van der Waals surface area (Å²) in [5.74, 6) is -1.20. The van der Waals surface area contributed by atoms with Gasteiger partial charge in [-0.15, -0.1) is 0 Å². The van der Waals surface area contributed by atoms with Crippen LogP contribution in [-0.2, 0) is 11.4 Å². The van der Waals surface area contributed by atoms with E-state index in [1.165, 1.54) is 6.20 Å². The minimum Gasteiger partial charge on any atom is -0.326 e. The molecule has 0 aliphatic rings. The van der Waals surface area contributed by atoms with Crippen molar-refractivity contribution >= 4 is 5.95 Å². The van der Waals surface area contributed by atoms with Crippen LogP contribution in [0.3, 0.4) is 0 Å². The molecule has 2 rings (SSSR count). The van der Waals surface area contributed by atoms with Crippen molar-refractivity contribution in [3.05, 3.63) is 49.6 Å². The lowest BCUT2D eigenvalue weighted by Gasteiger charge is -2.00. The maximum absolute atomic E-state index is 13.0. The summed E-state index contributed by atoms with van der Waals surface area (Å²) in [5.41, 5.74) is -1.49. The first kappa shape index (κ1) is 12.7. The lowest BCUT2D eigenvalue weighted by atomic mass is 10.4. The highest BCUT2D eigenvalue weighted by atomic mass is 19.1. The molecule has 0 bridgehead atoms. The Morgan fingerprint density at radius 3 is 2.89 bits per heavy atom. The molecular weight excluding hydrogens is 261 g/mol. The number of imidazole rings is 1. The van der Waals surface area contributed by atoms with Gasteiger partial charge in [0, 0.05) is 0 Å². The van der Waals surface area contributed by atoms with Crippen LogP contribution in [0.2, 0.25) is 0 Å². The monoisotopic (exact) mass is 270 g/mol. The zero-order valence-electron chi connectivity index (χ0n) is 9.71. The quantitative estimate of drug-likeness (QED) is 0.721. The van der Waals surface area contributed by atoms with E-state index >= 15 is 0 Å². The highest BCUT2D eigenvalue weighted by Gasteiger charge is 2.17. The molecule has 2 aromatic rings. The van der Waals surface area contributed by atoms with Gasteiger partial charge in [0.15, 0.2) is 4.92 Å². The molecule has 0 aromatic carbocycles. The summed E-state index contributed by atoms with van der Waals surface area (Å²) in [7, 11) is 1.16. The van der Waals surface area contributed by atoms with Crippen LogP contribution in [0.4, 0.5) is 10.3 Å². The molecule has 2 N–H and O–H groups in total. The maximum Gasteiger partial charge on any atom is 0.474 e. The number of H-pyrrole nitrogens is 2. The van der Waals surface area contributed by atoms with E-state index in [0.29, 0.717) is 5.69 Å². The largest absolute Gasteiger partial charge is 0.474 e. The maximum atomic E-state index is 13.0. The highest BCUT2D eigenvalue weighted by molar-refractivity contribution is 5.10. The van der Waals surface area contributed by atoms with E-state index in [-0.39, 0.29) is 17.4 Å². The van der Waals surface area contributed by atoms with Gasteiger partial charge in [-0.3, -0.25) is 14.3 Å². The Kier molecular flexibility index (Phi) is 3.23. The Labute approximate surface area is 104 Å². The molecule has 0 fully saturated rings. The molecular formula is C9H9FN5O4+. The van der Waals surface area contributed by atoms with Crippen molar-refractivity contribution in [3.8, 4) is 0 Å². The van der Waals surface area contributed by atoms with Crippen LogP contribution in [-0.4, -0.2) is 31.6 Å². The summed E-state index contributed by atoms with van der Waals surface area (Å²) in [4.78, 5) is 45.9. The molecule has 0 saturated heterocycles. The fraction of sp³-hybridized carbons (Fsp3) is 0.222. The van der Waals surface area contributed by atoms with Gasteiger partial charge in [0.05, 0.1) is 12.7 Å². The Morgan fingerprint density at radius 2 is 2.21 bits per heavy atom. The van der Waals surface area contributed by atoms with Crippen molar-refractivity contribution < 1.29 is 14.2 Å². The molecule has 0 aliphatic carbocycles. The van der Waals surface area contributed by atoms with Crippen molar-refractivity contribution in [2.45, 2.75) is 6.54 Å². The number of rotatable bonds is 4. The summed E-state index contributed by atoms with van der Waals surface area (Å²) in [6, 6.07) is 0. The molecule has 2 aromatic heterocycles. The van der Waals surface area contributed by atoms with Gasteiger partial charge >= 0.3 is 11.6 Å². The normalized spacial score (nSPS) is 10.4. The van der Waals surface area contributed by atoms with Crippen LogP contribution >= 0.6 is 0 Å². The average Bonchev–Trinajstić information content (AvgIpc) is 2.83. The number of hydrogen-bond donors (Lipinski definition) is 2. The molecule has 100 valence electrons. The topological polar surface area (TPSA) is 113 Å². The minimum atomic E-state index is -1.09. The predicted molar refractivity (Wildman–Crippen MR) is 59.3 cm³/mol. The molecule has 0 atom stereocenters. The smallest absolute Gasteiger partial charge is 0.326 e. The molecule has 2 heterocycles. The minimum absolute atomic E-state index is 0.0862. The van der Waals surface area contributed by atoms with Crippen LogP contribution in [0.5, 0.6) is 0 Å². The van der Waals surface area contributed by atoms with Gasteiger partial charge in [0.25, 0.3) is 5.56 Å². The first-order chi connectivity index (χ1) is 9.01. The Morgan fingerprint density at radius 1 is 1.47 bits per heavy atom. The standard InChI is InChI=1S/C9H8FN5O4/c1-19-15(18)8-11-2-5(12-8)3-14-4-6(10)7(16)13-9(14)17/h2,4H,3H2,1H3,(H-,11,12,13,16,17,18)/p+1. The highest BCUT2D eigenvalue weighted by Crippen LogP contribution is 2.06. The third kappa shape index (κ3) is 2.56. The molecule has 0 spiro atoms. The van der Waals surface area contributed by atoms with E-state index < -0.39 is 17.1 Å². The van der Waals surface area contributed by atoms with Crippen LogP contribution in [0.25, 0.3) is 0 Å². The van der Waals surface area contributed by atoms with Crippen molar-refractivity contribution in [2.24, 2.45) is 0 Å². The van der Waals surface area contributed by atoms with Crippen molar-refractivity contribution in [2.75, 3.05) is 7.11 Å². The van der Waals surface area contributed by atoms with Crippen LogP contribution < -0.4 is 11.2 Å². The SMILES string of the molecule is CO[N+](=O)c1ncc(Cn2cc(F)c(=O)[nH]c2=O)[nH]1. The fourth-order valence-corrected chi connectivity index (χ4v) is 1.39. The van der Waals surface area contributed by atoms with Gasteiger partial charge < -0.3 is 4.84 Å². The van der Waals surface area contributed by atoms with Gasteiger partial charge in [0.1, 0.15) is 19.0 Å². The van der Waals surface area contributed by atoms with Gasteiger partial charge in [-0.05, 0) is 0 Å². The van der Waals surface area contributed by atoms with Gasteiger partial charge in [-0.1, -0.05) is 9.89 Å². The molecule has 0 saturated carbocycles. The molecule has 10 heteroatoms. The average molecular weight is 270 g/mol. The van der Waals surface area contributed by atoms with Crippen molar-refractivity contribution in [3.63, 3.8) is 0 Å². The second kappa shape index (κ2) is 4.84. The van der Waals surface area contributed by atoms with Crippen LogP contribution in [0.1, 0.15) is 5.69 Å². The molecule has 9 nitrogen and oxygen atoms in total. The van der Waals surface area contributed by atoms with Gasteiger partial charge in [-0.25, -0.2) is 9.78 Å². The lowest BCUT2D eigenvalue weighted by molar-refractivity contribution is -0.741. The molecule has 19 heavy (non-hydrogen) atoms. The first-order valence-corrected chi connectivity index (χ1v) is 5.05. The summed E-state index contributed by atoms with van der Waals surface area (Å²) < 4.78 is 14.0. The molecule has 0 amide bonds. The molecule has 0 radical (unpaired) electrons. The third-order valence-corrected chi connectivity index (χ3v) is 2.26. The summed E-state index contributed by atoms with van der Waals surface area (Å²) >= 11 is 0. The second-order valence-electron chi connectivity index (χ2n) is 3.54. The van der Waals surface area contributed by atoms with Crippen LogP contribution in [0.15, 0.2) is 22.0 Å². The molecule has 0 unspecified atom stereocenters. The number of halogens is 1. The fourth-order valence-electron chi connectivity index (χ4n) is 1.39. The first-order valence-electron chi connectivity index (χ1n) is 5.05. The van der Waals surface area contributed by atoms with E-state index in [9.17, 15) is 18.9 Å². The number of aromatic nitrogens is 4. The van der Waals surface area contributed by atoms with Crippen molar-refractivity contribution in [1.82, 2.24) is 19.5 Å². The zero-order chi connectivity index (χ0) is 14.0. The summed E-state index contributed by atoms with van der Waals surface area (Å²) in [6.45, 7) is -0.0862. The van der Waals surface area contributed by atoms with Gasteiger partial charge in [-0.2, -0.15) is 4.39 Å². The number of aromatic amines is 2. The Bertz CT molecular complexity index is 731. The predicted octanol–water partition coefficient (Wildman–Crippen LogP) is -0.581.